The number of aryl methyl sites for hydroxylation is 1. The summed E-state index contributed by atoms with van der Waals surface area (Å²) in [7, 11) is 0. The zero-order valence-corrected chi connectivity index (χ0v) is 16.1. The van der Waals surface area contributed by atoms with Crippen LogP contribution in [0.4, 0.5) is 10.1 Å². The molecule has 27 heavy (non-hydrogen) atoms. The van der Waals surface area contributed by atoms with Crippen LogP contribution in [0.2, 0.25) is 0 Å². The van der Waals surface area contributed by atoms with Crippen molar-refractivity contribution in [2.75, 3.05) is 31.1 Å². The first-order valence-electron chi connectivity index (χ1n) is 10.1. The van der Waals surface area contributed by atoms with Crippen LogP contribution in [0.3, 0.4) is 0 Å². The van der Waals surface area contributed by atoms with E-state index in [2.05, 4.69) is 9.80 Å². The van der Waals surface area contributed by atoms with E-state index >= 15 is 0 Å². The zero-order valence-electron chi connectivity index (χ0n) is 16.1. The summed E-state index contributed by atoms with van der Waals surface area (Å²) in [5.74, 6) is -0.162. The van der Waals surface area contributed by atoms with Gasteiger partial charge in [-0.2, -0.15) is 0 Å². The van der Waals surface area contributed by atoms with Crippen LogP contribution in [-0.2, 0) is 5.60 Å². The monoisotopic (exact) mass is 368 g/mol. The molecule has 0 spiro atoms. The Morgan fingerprint density at radius 2 is 1.63 bits per heavy atom. The number of halogens is 1. The molecule has 0 aromatic heterocycles. The Bertz CT molecular complexity index is 763. The van der Waals surface area contributed by atoms with E-state index in [0.29, 0.717) is 6.04 Å². The summed E-state index contributed by atoms with van der Waals surface area (Å²) in [6.07, 6.45) is 3.85. The largest absolute Gasteiger partial charge is 0.385 e. The molecule has 144 valence electrons. The average molecular weight is 368 g/mol. The molecule has 3 nitrogen and oxygen atoms in total. The molecule has 2 fully saturated rings. The number of piperidine rings is 2. The van der Waals surface area contributed by atoms with Crippen molar-refractivity contribution < 1.29 is 9.50 Å². The Balaban J connectivity index is 1.33. The van der Waals surface area contributed by atoms with Crippen molar-refractivity contribution in [3.63, 3.8) is 0 Å². The standard InChI is InChI=1S/C23H29FN2O/c1-18-17-20(24)7-8-22(18)26-13-9-21(10-14-26)25-15-11-23(27,12-16-25)19-5-3-2-4-6-19/h2-8,17,21,27H,9-16H2,1H3. The number of hydrogen-bond donors (Lipinski definition) is 1. The Morgan fingerprint density at radius 1 is 0.963 bits per heavy atom. The lowest BCUT2D eigenvalue weighted by atomic mass is 9.83. The van der Waals surface area contributed by atoms with E-state index < -0.39 is 5.60 Å². The van der Waals surface area contributed by atoms with Crippen LogP contribution in [-0.4, -0.2) is 42.2 Å². The molecule has 2 aliphatic heterocycles. The maximum absolute atomic E-state index is 13.4. The molecule has 0 bridgehead atoms. The fraction of sp³-hybridized carbons (Fsp3) is 0.478. The summed E-state index contributed by atoms with van der Waals surface area (Å²) < 4.78 is 13.4. The van der Waals surface area contributed by atoms with Crippen molar-refractivity contribution in [1.29, 1.82) is 0 Å². The molecule has 0 atom stereocenters. The number of benzene rings is 2. The van der Waals surface area contributed by atoms with E-state index in [0.717, 1.165) is 68.7 Å². The van der Waals surface area contributed by atoms with Gasteiger partial charge in [-0.3, -0.25) is 0 Å². The third kappa shape index (κ3) is 3.87. The Morgan fingerprint density at radius 3 is 2.26 bits per heavy atom. The highest BCUT2D eigenvalue weighted by molar-refractivity contribution is 5.53. The summed E-state index contributed by atoms with van der Waals surface area (Å²) in [4.78, 5) is 4.95. The molecule has 0 saturated carbocycles. The number of rotatable bonds is 3. The number of hydrogen-bond acceptors (Lipinski definition) is 3. The second kappa shape index (κ2) is 7.61. The smallest absolute Gasteiger partial charge is 0.123 e. The summed E-state index contributed by atoms with van der Waals surface area (Å²) >= 11 is 0. The Labute approximate surface area is 161 Å². The normalized spacial score (nSPS) is 21.4. The molecule has 4 rings (SSSR count). The minimum Gasteiger partial charge on any atom is -0.385 e. The van der Waals surface area contributed by atoms with Crippen LogP contribution in [0, 0.1) is 12.7 Å². The minimum absolute atomic E-state index is 0.162. The Kier molecular flexibility index (Phi) is 5.20. The van der Waals surface area contributed by atoms with Gasteiger partial charge in [0.1, 0.15) is 5.82 Å². The van der Waals surface area contributed by atoms with E-state index in [1.807, 2.05) is 43.3 Å². The van der Waals surface area contributed by atoms with E-state index in [1.54, 1.807) is 12.1 Å². The lowest BCUT2D eigenvalue weighted by Crippen LogP contribution is -2.50. The van der Waals surface area contributed by atoms with Gasteiger partial charge in [0.15, 0.2) is 0 Å². The van der Waals surface area contributed by atoms with Crippen molar-refractivity contribution in [2.24, 2.45) is 0 Å². The quantitative estimate of drug-likeness (QED) is 0.884. The summed E-state index contributed by atoms with van der Waals surface area (Å²) in [5, 5.41) is 11.0. The van der Waals surface area contributed by atoms with Crippen molar-refractivity contribution in [1.82, 2.24) is 4.90 Å². The van der Waals surface area contributed by atoms with Gasteiger partial charge < -0.3 is 14.9 Å². The van der Waals surface area contributed by atoms with Gasteiger partial charge in [-0.15, -0.1) is 0 Å². The molecular formula is C23H29FN2O. The van der Waals surface area contributed by atoms with Gasteiger partial charge in [0, 0.05) is 37.9 Å². The maximum Gasteiger partial charge on any atom is 0.123 e. The van der Waals surface area contributed by atoms with Gasteiger partial charge >= 0.3 is 0 Å². The second-order valence-corrected chi connectivity index (χ2v) is 8.08. The van der Waals surface area contributed by atoms with Crippen molar-refractivity contribution in [3.8, 4) is 0 Å². The van der Waals surface area contributed by atoms with Crippen LogP contribution in [0.5, 0.6) is 0 Å². The third-order valence-electron chi connectivity index (χ3n) is 6.42. The molecule has 4 heteroatoms. The van der Waals surface area contributed by atoms with E-state index in [-0.39, 0.29) is 5.82 Å². The minimum atomic E-state index is -0.677. The van der Waals surface area contributed by atoms with Gasteiger partial charge in [-0.1, -0.05) is 30.3 Å². The lowest BCUT2D eigenvalue weighted by Gasteiger charge is -2.45. The first-order valence-corrected chi connectivity index (χ1v) is 10.1. The molecule has 0 amide bonds. The Hall–Kier alpha value is -1.91. The molecular weight excluding hydrogens is 339 g/mol. The summed E-state index contributed by atoms with van der Waals surface area (Å²) in [5.41, 5.74) is 2.54. The van der Waals surface area contributed by atoms with Crippen LogP contribution < -0.4 is 4.90 Å². The average Bonchev–Trinajstić information content (AvgIpc) is 2.70. The molecule has 2 aromatic rings. The molecule has 2 saturated heterocycles. The van der Waals surface area contributed by atoms with Crippen molar-refractivity contribution in [2.45, 2.75) is 44.2 Å². The number of likely N-dealkylation sites (tertiary alicyclic amines) is 1. The topological polar surface area (TPSA) is 26.7 Å². The van der Waals surface area contributed by atoms with Crippen LogP contribution in [0.25, 0.3) is 0 Å². The fourth-order valence-electron chi connectivity index (χ4n) is 4.74. The molecule has 0 radical (unpaired) electrons. The lowest BCUT2D eigenvalue weighted by molar-refractivity contribution is -0.0379. The van der Waals surface area contributed by atoms with Gasteiger partial charge in [0.2, 0.25) is 0 Å². The van der Waals surface area contributed by atoms with Gasteiger partial charge in [-0.05, 0) is 61.9 Å². The molecule has 2 aliphatic rings. The van der Waals surface area contributed by atoms with Gasteiger partial charge in [0.25, 0.3) is 0 Å². The predicted molar refractivity (Wildman–Crippen MR) is 108 cm³/mol. The molecule has 1 N–H and O–H groups in total. The highest BCUT2D eigenvalue weighted by atomic mass is 19.1. The SMILES string of the molecule is Cc1cc(F)ccc1N1CCC(N2CCC(O)(c3ccccc3)CC2)CC1. The van der Waals surface area contributed by atoms with Crippen molar-refractivity contribution in [3.05, 3.63) is 65.5 Å². The number of anilines is 1. The first kappa shape index (κ1) is 18.5. The fourth-order valence-corrected chi connectivity index (χ4v) is 4.74. The second-order valence-electron chi connectivity index (χ2n) is 8.08. The summed E-state index contributed by atoms with van der Waals surface area (Å²) in [6.45, 7) is 5.91. The number of aliphatic hydroxyl groups is 1. The van der Waals surface area contributed by atoms with Crippen LogP contribution in [0.15, 0.2) is 48.5 Å². The highest BCUT2D eigenvalue weighted by Gasteiger charge is 2.36. The maximum atomic E-state index is 13.4. The van der Waals surface area contributed by atoms with Crippen LogP contribution >= 0.6 is 0 Å². The zero-order chi connectivity index (χ0) is 18.9. The highest BCUT2D eigenvalue weighted by Crippen LogP contribution is 2.35. The first-order chi connectivity index (χ1) is 13.0. The van der Waals surface area contributed by atoms with Crippen LogP contribution in [0.1, 0.15) is 36.8 Å². The number of nitrogens with zero attached hydrogens (tertiary/aromatic N) is 2. The molecule has 0 unspecified atom stereocenters. The van der Waals surface area contributed by atoms with E-state index in [9.17, 15) is 9.50 Å². The summed E-state index contributed by atoms with van der Waals surface area (Å²) in [6, 6.07) is 15.8. The van der Waals surface area contributed by atoms with Crippen molar-refractivity contribution >= 4 is 5.69 Å². The molecule has 2 heterocycles. The molecule has 2 aromatic carbocycles. The predicted octanol–water partition coefficient (Wildman–Crippen LogP) is 4.09. The molecule has 0 aliphatic carbocycles. The van der Waals surface area contributed by atoms with Gasteiger partial charge in [0.05, 0.1) is 5.60 Å². The van der Waals surface area contributed by atoms with E-state index in [4.69, 9.17) is 0 Å². The van der Waals surface area contributed by atoms with Gasteiger partial charge in [-0.25, -0.2) is 4.39 Å². The third-order valence-corrected chi connectivity index (χ3v) is 6.42. The van der Waals surface area contributed by atoms with E-state index in [1.165, 1.54) is 0 Å².